The van der Waals surface area contributed by atoms with Gasteiger partial charge in [0, 0.05) is 61.4 Å². The molecule has 0 fully saturated rings. The lowest BCUT2D eigenvalue weighted by Gasteiger charge is -2.13. The topological polar surface area (TPSA) is 127 Å². The summed E-state index contributed by atoms with van der Waals surface area (Å²) in [6.07, 6.45) is 8.02. The fourth-order valence-corrected chi connectivity index (χ4v) is 4.44. The molecule has 0 unspecified atom stereocenters. The van der Waals surface area contributed by atoms with Gasteiger partial charge in [-0.2, -0.15) is 5.10 Å². The number of carbonyl (C=O) groups excluding carboxylic acids is 1. The molecule has 0 atom stereocenters. The van der Waals surface area contributed by atoms with Crippen LogP contribution in [-0.2, 0) is 17.8 Å². The van der Waals surface area contributed by atoms with E-state index in [9.17, 15) is 4.79 Å². The van der Waals surface area contributed by atoms with Gasteiger partial charge < -0.3 is 20.7 Å². The molecule has 10 nitrogen and oxygen atoms in total. The van der Waals surface area contributed by atoms with Crippen molar-refractivity contribution < 1.29 is 4.79 Å². The highest BCUT2D eigenvalue weighted by atomic mass is 32.2. The molecule has 1 amide bonds. The van der Waals surface area contributed by atoms with E-state index in [2.05, 4.69) is 30.1 Å². The molecular weight excluding hydrogens is 450 g/mol. The van der Waals surface area contributed by atoms with Crippen LogP contribution in [0.2, 0.25) is 0 Å². The van der Waals surface area contributed by atoms with E-state index in [0.717, 1.165) is 45.4 Å². The normalized spacial score (nSPS) is 13.6. The van der Waals surface area contributed by atoms with E-state index in [-0.39, 0.29) is 12.5 Å². The largest absolute Gasteiger partial charge is 0.383 e. The Kier molecular flexibility index (Phi) is 5.70. The van der Waals surface area contributed by atoms with Gasteiger partial charge >= 0.3 is 0 Å². The van der Waals surface area contributed by atoms with Gasteiger partial charge in [-0.3, -0.25) is 14.5 Å². The maximum Gasteiger partial charge on any atom is 0.244 e. The summed E-state index contributed by atoms with van der Waals surface area (Å²) in [6, 6.07) is 5.87. The van der Waals surface area contributed by atoms with Crippen LogP contribution in [0.5, 0.6) is 0 Å². The minimum Gasteiger partial charge on any atom is -0.383 e. The van der Waals surface area contributed by atoms with Gasteiger partial charge in [0.05, 0.1) is 17.6 Å². The van der Waals surface area contributed by atoms with Gasteiger partial charge in [0.15, 0.2) is 5.82 Å². The number of nitrogens with two attached hydrogens (primary N) is 1. The minimum absolute atomic E-state index is 0.0503. The highest BCUT2D eigenvalue weighted by molar-refractivity contribution is 7.99. The highest BCUT2D eigenvalue weighted by Gasteiger charge is 2.19. The van der Waals surface area contributed by atoms with Crippen LogP contribution in [0.1, 0.15) is 11.3 Å². The molecule has 0 spiro atoms. The Morgan fingerprint density at radius 1 is 1.15 bits per heavy atom. The Hall–Kier alpha value is -3.86. The number of likely N-dealkylation sites (N-methyl/N-ethyl adjacent to an activating group) is 1. The molecule has 11 heteroatoms. The van der Waals surface area contributed by atoms with Crippen LogP contribution in [0.4, 0.5) is 23.1 Å². The third-order valence-corrected chi connectivity index (χ3v) is 6.41. The fraction of sp³-hybridized carbons (Fsp3) is 0.261. The van der Waals surface area contributed by atoms with Crippen molar-refractivity contribution >= 4 is 51.8 Å². The predicted octanol–water partition coefficient (Wildman–Crippen LogP) is 3.23. The van der Waals surface area contributed by atoms with Crippen LogP contribution in [0, 0.1) is 6.92 Å². The summed E-state index contributed by atoms with van der Waals surface area (Å²) in [5.74, 6) is 1.74. The Morgan fingerprint density at radius 3 is 2.82 bits per heavy atom. The van der Waals surface area contributed by atoms with Gasteiger partial charge in [0.25, 0.3) is 0 Å². The minimum atomic E-state index is 0.0503. The molecule has 5 rings (SSSR count). The molecule has 4 N–H and O–H groups in total. The number of carbonyl (C=O) groups is 1. The predicted molar refractivity (Wildman–Crippen MR) is 136 cm³/mol. The Labute approximate surface area is 201 Å². The van der Waals surface area contributed by atoms with E-state index in [1.807, 2.05) is 38.4 Å². The third-order valence-electron chi connectivity index (χ3n) is 5.98. The van der Waals surface area contributed by atoms with Crippen molar-refractivity contribution in [2.75, 3.05) is 35.6 Å². The second-order valence-corrected chi connectivity index (χ2v) is 8.83. The van der Waals surface area contributed by atoms with Gasteiger partial charge in [-0.05, 0) is 30.0 Å². The lowest BCUT2D eigenvalue weighted by Crippen LogP contribution is -2.29. The zero-order valence-corrected chi connectivity index (χ0v) is 20.0. The molecule has 4 aromatic heterocycles. The first-order valence-corrected chi connectivity index (χ1v) is 12.0. The summed E-state index contributed by atoms with van der Waals surface area (Å²) in [7, 11) is 1.81. The number of hydrogen-bond donors (Lipinski definition) is 3. The third kappa shape index (κ3) is 4.10. The number of hydrogen-bond acceptors (Lipinski definition) is 9. The van der Waals surface area contributed by atoms with Crippen molar-refractivity contribution in [3.05, 3.63) is 48.0 Å². The summed E-state index contributed by atoms with van der Waals surface area (Å²) in [5, 5.41) is 9.49. The van der Waals surface area contributed by atoms with Crippen LogP contribution in [0.25, 0.3) is 22.0 Å². The number of amides is 1. The van der Waals surface area contributed by atoms with E-state index >= 15 is 0 Å². The molecule has 34 heavy (non-hydrogen) atoms. The van der Waals surface area contributed by atoms with Crippen molar-refractivity contribution in [2.24, 2.45) is 0 Å². The van der Waals surface area contributed by atoms with Crippen LogP contribution in [-0.4, -0.2) is 55.4 Å². The first-order valence-electron chi connectivity index (χ1n) is 10.8. The second-order valence-electron chi connectivity index (χ2n) is 8.22. The Morgan fingerprint density at radius 2 is 2.00 bits per heavy atom. The number of aromatic nitrogens is 5. The van der Waals surface area contributed by atoms with Crippen LogP contribution in [0.15, 0.2) is 36.8 Å². The molecule has 1 aliphatic rings. The lowest BCUT2D eigenvalue weighted by molar-refractivity contribution is -0.130. The monoisotopic (exact) mass is 475 g/mol. The van der Waals surface area contributed by atoms with Crippen molar-refractivity contribution in [2.45, 2.75) is 19.9 Å². The van der Waals surface area contributed by atoms with Gasteiger partial charge in [0.2, 0.25) is 5.91 Å². The van der Waals surface area contributed by atoms with Crippen molar-refractivity contribution in [3.63, 3.8) is 0 Å². The maximum absolute atomic E-state index is 12.2. The van der Waals surface area contributed by atoms with E-state index in [1.54, 1.807) is 28.2 Å². The Balaban J connectivity index is 1.47. The molecule has 0 saturated heterocycles. The molecule has 0 bridgehead atoms. The number of anilines is 4. The molecule has 1 aliphatic heterocycles. The van der Waals surface area contributed by atoms with Crippen LogP contribution in [0.3, 0.4) is 0 Å². The van der Waals surface area contributed by atoms with Crippen molar-refractivity contribution in [1.29, 1.82) is 0 Å². The first-order chi connectivity index (χ1) is 16.4. The summed E-state index contributed by atoms with van der Waals surface area (Å²) < 4.78 is 5.00. The second kappa shape index (κ2) is 8.82. The van der Waals surface area contributed by atoms with Crippen molar-refractivity contribution in [3.8, 4) is 11.3 Å². The molecule has 0 aliphatic carbocycles. The van der Waals surface area contributed by atoms with E-state index in [4.69, 9.17) is 5.73 Å². The summed E-state index contributed by atoms with van der Waals surface area (Å²) >= 11 is 1.51. The SMILES string of the molecule is CSNc1cncc(-c2cc3cc(Nc4cc5n(n4)CC(=O)N(C)CC5)ncc3c(N)n2)c1C. The van der Waals surface area contributed by atoms with Gasteiger partial charge in [0.1, 0.15) is 18.2 Å². The average Bonchev–Trinajstić information content (AvgIpc) is 3.13. The van der Waals surface area contributed by atoms with Gasteiger partial charge in [-0.15, -0.1) is 0 Å². The Bertz CT molecular complexity index is 1400. The number of nitrogens with one attached hydrogen (secondary N) is 2. The number of nitrogen functional groups attached to an aromatic ring is 1. The van der Waals surface area contributed by atoms with Gasteiger partial charge in [-0.25, -0.2) is 9.97 Å². The van der Waals surface area contributed by atoms with Gasteiger partial charge in [-0.1, -0.05) is 11.9 Å². The number of nitrogens with zero attached hydrogens (tertiary/aromatic N) is 6. The average molecular weight is 476 g/mol. The molecule has 0 saturated carbocycles. The zero-order valence-electron chi connectivity index (χ0n) is 19.2. The smallest absolute Gasteiger partial charge is 0.244 e. The first kappa shape index (κ1) is 22.0. The summed E-state index contributed by atoms with van der Waals surface area (Å²) in [5.41, 5.74) is 10.9. The zero-order chi connectivity index (χ0) is 23.8. The van der Waals surface area contributed by atoms with Crippen LogP contribution < -0.4 is 15.8 Å². The molecule has 174 valence electrons. The molecule has 5 heterocycles. The molecule has 4 aromatic rings. The summed E-state index contributed by atoms with van der Waals surface area (Å²) in [4.78, 5) is 27.3. The molecular formula is C23H25N9OS. The quantitative estimate of drug-likeness (QED) is 0.373. The number of rotatable bonds is 5. The number of pyridine rings is 3. The van der Waals surface area contributed by atoms with E-state index in [1.165, 1.54) is 11.9 Å². The molecule has 0 radical (unpaired) electrons. The number of fused-ring (bicyclic) bond motifs is 2. The van der Waals surface area contributed by atoms with Crippen LogP contribution >= 0.6 is 11.9 Å². The van der Waals surface area contributed by atoms with E-state index in [0.29, 0.717) is 24.0 Å². The van der Waals surface area contributed by atoms with E-state index < -0.39 is 0 Å². The summed E-state index contributed by atoms with van der Waals surface area (Å²) in [6.45, 7) is 2.94. The molecule has 0 aromatic carbocycles. The van der Waals surface area contributed by atoms with Crippen molar-refractivity contribution in [1.82, 2.24) is 29.6 Å². The maximum atomic E-state index is 12.2. The standard InChI is InChI=1S/C23H25N9OS/c1-13-16(9-25-11-19(13)30-34-3)18-6-14-7-20(26-10-17(14)23(24)27-18)28-21-8-15-4-5-31(2)22(33)12-32(15)29-21/h6-11,30H,4-5,12H2,1-3H3,(H2,24,27)(H,26,28,29). The lowest BCUT2D eigenvalue weighted by atomic mass is 10.0. The fourth-order valence-electron chi connectivity index (χ4n) is 4.02. The highest BCUT2D eigenvalue weighted by Crippen LogP contribution is 2.32.